The molecule has 0 aromatic carbocycles. The van der Waals surface area contributed by atoms with Gasteiger partial charge < -0.3 is 18.8 Å². The largest absolute Gasteiger partial charge is 0.464 e. The van der Waals surface area contributed by atoms with E-state index in [2.05, 4.69) is 4.98 Å². The lowest BCUT2D eigenvalue weighted by atomic mass is 10.2. The summed E-state index contributed by atoms with van der Waals surface area (Å²) in [5.74, 6) is 1.92. The number of hydrogen-bond donors (Lipinski definition) is 0. The van der Waals surface area contributed by atoms with Crippen LogP contribution in [-0.2, 0) is 9.47 Å². The van der Waals surface area contributed by atoms with Crippen LogP contribution < -0.4 is 4.90 Å². The van der Waals surface area contributed by atoms with Gasteiger partial charge in [-0.15, -0.1) is 0 Å². The number of furan rings is 1. The second kappa shape index (κ2) is 6.83. The number of anilines is 1. The van der Waals surface area contributed by atoms with Gasteiger partial charge in [-0.25, -0.2) is 9.78 Å². The van der Waals surface area contributed by atoms with Crippen molar-refractivity contribution >= 4 is 11.8 Å². The molecule has 3 rings (SSSR count). The van der Waals surface area contributed by atoms with Gasteiger partial charge in [-0.05, 0) is 38.1 Å². The SMILES string of the molecule is CCOC(=O)c1cccnc1N1CCO[C@@H](c2ccc(C)o2)C1. The fourth-order valence-electron chi connectivity index (χ4n) is 2.66. The first-order valence-corrected chi connectivity index (χ1v) is 7.74. The molecule has 2 aromatic rings. The number of carbonyl (C=O) groups excluding carboxylic acids is 1. The van der Waals surface area contributed by atoms with E-state index in [0.717, 1.165) is 11.5 Å². The molecule has 1 aliphatic heterocycles. The summed E-state index contributed by atoms with van der Waals surface area (Å²) in [6.45, 7) is 5.82. The third-order valence-electron chi connectivity index (χ3n) is 3.73. The number of nitrogens with zero attached hydrogens (tertiary/aromatic N) is 2. The Morgan fingerprint density at radius 2 is 2.30 bits per heavy atom. The molecule has 0 saturated carbocycles. The Balaban J connectivity index is 1.83. The third-order valence-corrected chi connectivity index (χ3v) is 3.73. The number of aromatic nitrogens is 1. The molecule has 1 aliphatic rings. The summed E-state index contributed by atoms with van der Waals surface area (Å²) in [6, 6.07) is 7.32. The quantitative estimate of drug-likeness (QED) is 0.808. The van der Waals surface area contributed by atoms with E-state index in [-0.39, 0.29) is 12.1 Å². The number of aryl methyl sites for hydroxylation is 1. The fraction of sp³-hybridized carbons (Fsp3) is 0.412. The Kier molecular flexibility index (Phi) is 4.62. The fourth-order valence-corrected chi connectivity index (χ4v) is 2.66. The molecule has 1 fully saturated rings. The molecule has 0 bridgehead atoms. The zero-order valence-corrected chi connectivity index (χ0v) is 13.3. The highest BCUT2D eigenvalue weighted by molar-refractivity contribution is 5.94. The maximum atomic E-state index is 12.1. The molecule has 0 radical (unpaired) electrons. The molecule has 0 unspecified atom stereocenters. The van der Waals surface area contributed by atoms with Gasteiger partial charge in [0, 0.05) is 12.7 Å². The van der Waals surface area contributed by atoms with E-state index in [4.69, 9.17) is 13.9 Å². The van der Waals surface area contributed by atoms with Crippen LogP contribution in [0.4, 0.5) is 5.82 Å². The van der Waals surface area contributed by atoms with Gasteiger partial charge in [0.25, 0.3) is 0 Å². The molecular weight excluding hydrogens is 296 g/mol. The van der Waals surface area contributed by atoms with Crippen LogP contribution in [0.1, 0.15) is 34.9 Å². The van der Waals surface area contributed by atoms with Crippen molar-refractivity contribution in [2.45, 2.75) is 20.0 Å². The summed E-state index contributed by atoms with van der Waals surface area (Å²) in [5.41, 5.74) is 0.477. The lowest BCUT2D eigenvalue weighted by molar-refractivity contribution is 0.0248. The van der Waals surface area contributed by atoms with Crippen molar-refractivity contribution in [1.29, 1.82) is 0 Å². The molecule has 3 heterocycles. The Hall–Kier alpha value is -2.34. The van der Waals surface area contributed by atoms with Crippen LogP contribution in [0.15, 0.2) is 34.9 Å². The summed E-state index contributed by atoms with van der Waals surface area (Å²) in [7, 11) is 0. The third kappa shape index (κ3) is 3.37. The van der Waals surface area contributed by atoms with Gasteiger partial charge in [0.15, 0.2) is 0 Å². The molecule has 23 heavy (non-hydrogen) atoms. The van der Waals surface area contributed by atoms with Crippen LogP contribution in [0.25, 0.3) is 0 Å². The lowest BCUT2D eigenvalue weighted by Crippen LogP contribution is -2.39. The molecule has 0 amide bonds. The average Bonchev–Trinajstić information content (AvgIpc) is 3.02. The van der Waals surface area contributed by atoms with Gasteiger partial charge in [0.1, 0.15) is 29.0 Å². The van der Waals surface area contributed by atoms with Crippen LogP contribution in [0.2, 0.25) is 0 Å². The van der Waals surface area contributed by atoms with Gasteiger partial charge in [0.05, 0.1) is 19.8 Å². The molecule has 1 saturated heterocycles. The van der Waals surface area contributed by atoms with Crippen molar-refractivity contribution in [2.75, 3.05) is 31.2 Å². The monoisotopic (exact) mass is 316 g/mol. The molecule has 6 heteroatoms. The van der Waals surface area contributed by atoms with E-state index in [1.165, 1.54) is 0 Å². The minimum atomic E-state index is -0.354. The topological polar surface area (TPSA) is 64.8 Å². The molecule has 0 spiro atoms. The Morgan fingerprint density at radius 3 is 3.04 bits per heavy atom. The number of ether oxygens (including phenoxy) is 2. The van der Waals surface area contributed by atoms with Crippen LogP contribution in [-0.4, -0.2) is 37.3 Å². The predicted molar refractivity (Wildman–Crippen MR) is 84.5 cm³/mol. The highest BCUT2D eigenvalue weighted by atomic mass is 16.5. The van der Waals surface area contributed by atoms with Crippen molar-refractivity contribution in [1.82, 2.24) is 4.98 Å². The van der Waals surface area contributed by atoms with E-state index >= 15 is 0 Å². The van der Waals surface area contributed by atoms with Gasteiger partial charge >= 0.3 is 5.97 Å². The van der Waals surface area contributed by atoms with Gasteiger partial charge in [-0.2, -0.15) is 0 Å². The van der Waals surface area contributed by atoms with Crippen molar-refractivity contribution < 1.29 is 18.7 Å². The van der Waals surface area contributed by atoms with Crippen LogP contribution in [0, 0.1) is 6.92 Å². The van der Waals surface area contributed by atoms with E-state index in [9.17, 15) is 4.79 Å². The van der Waals surface area contributed by atoms with Crippen molar-refractivity contribution in [3.05, 3.63) is 47.5 Å². The molecule has 0 aliphatic carbocycles. The van der Waals surface area contributed by atoms with Crippen molar-refractivity contribution in [3.8, 4) is 0 Å². The molecule has 0 N–H and O–H groups in total. The summed E-state index contributed by atoms with van der Waals surface area (Å²) >= 11 is 0. The minimum absolute atomic E-state index is 0.172. The number of rotatable bonds is 4. The number of morpholine rings is 1. The maximum absolute atomic E-state index is 12.1. The molecule has 122 valence electrons. The van der Waals surface area contributed by atoms with Gasteiger partial charge in [-0.1, -0.05) is 0 Å². The van der Waals surface area contributed by atoms with Crippen LogP contribution in [0.3, 0.4) is 0 Å². The number of esters is 1. The second-order valence-corrected chi connectivity index (χ2v) is 5.35. The molecular formula is C17H20N2O4. The maximum Gasteiger partial charge on any atom is 0.341 e. The Labute approximate surface area is 135 Å². The lowest BCUT2D eigenvalue weighted by Gasteiger charge is -2.33. The minimum Gasteiger partial charge on any atom is -0.464 e. The van der Waals surface area contributed by atoms with E-state index in [1.807, 2.05) is 24.0 Å². The van der Waals surface area contributed by atoms with Crippen LogP contribution in [0.5, 0.6) is 0 Å². The van der Waals surface area contributed by atoms with Crippen LogP contribution >= 0.6 is 0 Å². The van der Waals surface area contributed by atoms with E-state index < -0.39 is 0 Å². The zero-order valence-electron chi connectivity index (χ0n) is 13.3. The first-order valence-electron chi connectivity index (χ1n) is 7.74. The summed E-state index contributed by atoms with van der Waals surface area (Å²) in [6.07, 6.45) is 1.51. The van der Waals surface area contributed by atoms with E-state index in [0.29, 0.717) is 37.7 Å². The van der Waals surface area contributed by atoms with Crippen molar-refractivity contribution in [3.63, 3.8) is 0 Å². The van der Waals surface area contributed by atoms with Crippen molar-refractivity contribution in [2.24, 2.45) is 0 Å². The smallest absolute Gasteiger partial charge is 0.341 e. The van der Waals surface area contributed by atoms with Gasteiger partial charge in [-0.3, -0.25) is 0 Å². The Morgan fingerprint density at radius 1 is 1.43 bits per heavy atom. The number of pyridine rings is 1. The average molecular weight is 316 g/mol. The normalized spacial score (nSPS) is 18.0. The summed E-state index contributed by atoms with van der Waals surface area (Å²) < 4.78 is 16.6. The highest BCUT2D eigenvalue weighted by Crippen LogP contribution is 2.28. The highest BCUT2D eigenvalue weighted by Gasteiger charge is 2.28. The Bertz CT molecular complexity index is 683. The predicted octanol–water partition coefficient (Wildman–Crippen LogP) is 2.74. The first kappa shape index (κ1) is 15.6. The number of hydrogen-bond acceptors (Lipinski definition) is 6. The van der Waals surface area contributed by atoms with E-state index in [1.54, 1.807) is 25.3 Å². The van der Waals surface area contributed by atoms with Gasteiger partial charge in [0.2, 0.25) is 0 Å². The molecule has 2 aromatic heterocycles. The molecule has 1 atom stereocenters. The second-order valence-electron chi connectivity index (χ2n) is 5.35. The first-order chi connectivity index (χ1) is 11.2. The molecule has 6 nitrogen and oxygen atoms in total. The standard InChI is InChI=1S/C17H20N2O4/c1-3-21-17(20)13-5-4-8-18-16(13)19-9-10-22-15(11-19)14-7-6-12(2)23-14/h4-8,15H,3,9-11H2,1-2H3/t15-/m1/s1. The summed E-state index contributed by atoms with van der Waals surface area (Å²) in [5, 5.41) is 0. The zero-order chi connectivity index (χ0) is 16.2. The number of carbonyl (C=O) groups is 1. The summed E-state index contributed by atoms with van der Waals surface area (Å²) in [4.78, 5) is 18.5.